The van der Waals surface area contributed by atoms with E-state index in [1.807, 2.05) is 0 Å². The number of methoxy groups -OCH3 is 1. The van der Waals surface area contributed by atoms with Crippen molar-refractivity contribution in [1.82, 2.24) is 5.16 Å². The number of carbonyl (C=O) groups is 2. The first kappa shape index (κ1) is 22.4. The van der Waals surface area contributed by atoms with E-state index < -0.39 is 11.9 Å². The quantitative estimate of drug-likeness (QED) is 0.370. The SMILES string of the molecule is COC(=O)c1c(NC(=O)c2noc(C)c2COc2ccc(Cl)cc2)sc2c1CCCCC2. The van der Waals surface area contributed by atoms with Crippen LogP contribution in [0.1, 0.15) is 61.9 Å². The van der Waals surface area contributed by atoms with Gasteiger partial charge in [0.25, 0.3) is 5.91 Å². The number of rotatable bonds is 6. The van der Waals surface area contributed by atoms with Crippen LogP contribution in [0.25, 0.3) is 0 Å². The number of esters is 1. The van der Waals surface area contributed by atoms with E-state index in [2.05, 4.69) is 10.5 Å². The van der Waals surface area contributed by atoms with E-state index in [1.54, 1.807) is 31.2 Å². The zero-order chi connectivity index (χ0) is 22.7. The predicted molar refractivity (Wildman–Crippen MR) is 122 cm³/mol. The number of hydrogen-bond donors (Lipinski definition) is 1. The molecule has 0 bridgehead atoms. The lowest BCUT2D eigenvalue weighted by Crippen LogP contribution is -2.17. The van der Waals surface area contributed by atoms with Crippen LogP contribution in [0.5, 0.6) is 5.75 Å². The number of thiophene rings is 1. The minimum atomic E-state index is -0.460. The summed E-state index contributed by atoms with van der Waals surface area (Å²) in [7, 11) is 1.35. The number of benzene rings is 1. The van der Waals surface area contributed by atoms with Crippen molar-refractivity contribution in [1.29, 1.82) is 0 Å². The van der Waals surface area contributed by atoms with Crippen molar-refractivity contribution in [2.24, 2.45) is 0 Å². The molecule has 168 valence electrons. The number of amides is 1. The van der Waals surface area contributed by atoms with Crippen molar-refractivity contribution in [3.05, 3.63) is 62.3 Å². The molecule has 7 nitrogen and oxygen atoms in total. The monoisotopic (exact) mass is 474 g/mol. The third kappa shape index (κ3) is 4.66. The first-order valence-electron chi connectivity index (χ1n) is 10.4. The van der Waals surface area contributed by atoms with Crippen LogP contribution in [0.2, 0.25) is 5.02 Å². The molecule has 9 heteroatoms. The number of hydrogen-bond acceptors (Lipinski definition) is 7. The van der Waals surface area contributed by atoms with E-state index in [-0.39, 0.29) is 12.3 Å². The second-order valence-electron chi connectivity index (χ2n) is 7.52. The van der Waals surface area contributed by atoms with Gasteiger partial charge >= 0.3 is 5.97 Å². The summed E-state index contributed by atoms with van der Waals surface area (Å²) < 4.78 is 16.0. The van der Waals surface area contributed by atoms with E-state index in [0.29, 0.717) is 32.7 Å². The number of carbonyl (C=O) groups excluding carboxylic acids is 2. The van der Waals surface area contributed by atoms with Crippen LogP contribution in [0.4, 0.5) is 5.00 Å². The molecule has 0 atom stereocenters. The van der Waals surface area contributed by atoms with E-state index in [4.69, 9.17) is 25.6 Å². The van der Waals surface area contributed by atoms with Crippen molar-refractivity contribution in [3.8, 4) is 5.75 Å². The molecule has 0 unspecified atom stereocenters. The van der Waals surface area contributed by atoms with Crippen molar-refractivity contribution >= 4 is 39.8 Å². The Balaban J connectivity index is 1.57. The van der Waals surface area contributed by atoms with Crippen molar-refractivity contribution in [2.45, 2.75) is 45.6 Å². The highest BCUT2D eigenvalue weighted by Gasteiger charge is 2.28. The fraction of sp³-hybridized carbons (Fsp3) is 0.348. The third-order valence-electron chi connectivity index (χ3n) is 5.43. The Kier molecular flexibility index (Phi) is 6.81. The van der Waals surface area contributed by atoms with Gasteiger partial charge in [-0.05, 0) is 62.4 Å². The maximum atomic E-state index is 13.1. The average Bonchev–Trinajstić information content (AvgIpc) is 3.23. The molecule has 0 saturated heterocycles. The lowest BCUT2D eigenvalue weighted by atomic mass is 10.1. The molecule has 2 aromatic heterocycles. The third-order valence-corrected chi connectivity index (χ3v) is 6.89. The number of nitrogens with zero attached hydrogens (tertiary/aromatic N) is 1. The largest absolute Gasteiger partial charge is 0.489 e. The minimum absolute atomic E-state index is 0.102. The molecule has 1 amide bonds. The first-order chi connectivity index (χ1) is 15.5. The highest BCUT2D eigenvalue weighted by molar-refractivity contribution is 7.17. The Hall–Kier alpha value is -2.84. The molecule has 1 aliphatic carbocycles. The summed E-state index contributed by atoms with van der Waals surface area (Å²) >= 11 is 7.34. The fourth-order valence-electron chi connectivity index (χ4n) is 3.74. The summed E-state index contributed by atoms with van der Waals surface area (Å²) in [5.74, 6) is 0.191. The van der Waals surface area contributed by atoms with Gasteiger partial charge in [-0.1, -0.05) is 23.2 Å². The number of fused-ring (bicyclic) bond motifs is 1. The Morgan fingerprint density at radius 1 is 1.19 bits per heavy atom. The first-order valence-corrected chi connectivity index (χ1v) is 11.5. The van der Waals surface area contributed by atoms with E-state index in [1.165, 1.54) is 18.4 Å². The molecule has 1 aromatic carbocycles. The van der Waals surface area contributed by atoms with Crippen molar-refractivity contribution < 1.29 is 23.6 Å². The highest BCUT2D eigenvalue weighted by Crippen LogP contribution is 2.38. The number of nitrogens with one attached hydrogen (secondary N) is 1. The maximum absolute atomic E-state index is 13.1. The average molecular weight is 475 g/mol. The van der Waals surface area contributed by atoms with Crippen molar-refractivity contribution in [2.75, 3.05) is 12.4 Å². The van der Waals surface area contributed by atoms with Gasteiger partial charge in [-0.2, -0.15) is 0 Å². The zero-order valence-electron chi connectivity index (χ0n) is 17.8. The van der Waals surface area contributed by atoms with Crippen LogP contribution in [-0.4, -0.2) is 24.1 Å². The summed E-state index contributed by atoms with van der Waals surface area (Å²) in [5, 5.41) is 7.88. The van der Waals surface area contributed by atoms with Gasteiger partial charge in [0, 0.05) is 9.90 Å². The van der Waals surface area contributed by atoms with Crippen LogP contribution in [0, 0.1) is 6.92 Å². The van der Waals surface area contributed by atoms with Gasteiger partial charge in [0.1, 0.15) is 23.1 Å². The van der Waals surface area contributed by atoms with Gasteiger partial charge in [0.05, 0.1) is 18.2 Å². The molecule has 2 heterocycles. The maximum Gasteiger partial charge on any atom is 0.341 e. The number of ether oxygens (including phenoxy) is 2. The normalized spacial score (nSPS) is 13.2. The van der Waals surface area contributed by atoms with Gasteiger partial charge < -0.3 is 19.3 Å². The molecule has 0 fully saturated rings. The zero-order valence-corrected chi connectivity index (χ0v) is 19.4. The number of aryl methyl sites for hydroxylation is 2. The number of halogens is 1. The van der Waals surface area contributed by atoms with Gasteiger partial charge in [0.15, 0.2) is 5.69 Å². The predicted octanol–water partition coefficient (Wildman–Crippen LogP) is 5.58. The molecule has 32 heavy (non-hydrogen) atoms. The van der Waals surface area contributed by atoms with Crippen molar-refractivity contribution in [3.63, 3.8) is 0 Å². The summed E-state index contributed by atoms with van der Waals surface area (Å²) in [6.07, 6.45) is 4.89. The van der Waals surface area contributed by atoms with E-state index in [9.17, 15) is 9.59 Å². The second kappa shape index (κ2) is 9.75. The highest BCUT2D eigenvalue weighted by atomic mass is 35.5. The smallest absolute Gasteiger partial charge is 0.341 e. The molecule has 3 aromatic rings. The van der Waals surface area contributed by atoms with Crippen LogP contribution in [0.3, 0.4) is 0 Å². The molecule has 1 N–H and O–H groups in total. The topological polar surface area (TPSA) is 90.7 Å². The lowest BCUT2D eigenvalue weighted by Gasteiger charge is -2.08. The van der Waals surface area contributed by atoms with Gasteiger partial charge in [0.2, 0.25) is 0 Å². The lowest BCUT2D eigenvalue weighted by molar-refractivity contribution is 0.0601. The Morgan fingerprint density at radius 3 is 2.69 bits per heavy atom. The van der Waals surface area contributed by atoms with Crippen LogP contribution in [0.15, 0.2) is 28.8 Å². The molecule has 0 aliphatic heterocycles. The Labute approximate surface area is 194 Å². The fourth-order valence-corrected chi connectivity index (χ4v) is 5.14. The molecule has 0 saturated carbocycles. The van der Waals surface area contributed by atoms with Gasteiger partial charge in [-0.15, -0.1) is 11.3 Å². The molecule has 1 aliphatic rings. The minimum Gasteiger partial charge on any atom is -0.489 e. The summed E-state index contributed by atoms with van der Waals surface area (Å²) in [5.41, 5.74) is 2.09. The van der Waals surface area contributed by atoms with Crippen LogP contribution in [-0.2, 0) is 24.2 Å². The van der Waals surface area contributed by atoms with Gasteiger partial charge in [-0.3, -0.25) is 4.79 Å². The second-order valence-corrected chi connectivity index (χ2v) is 9.06. The van der Waals surface area contributed by atoms with Crippen LogP contribution >= 0.6 is 22.9 Å². The summed E-state index contributed by atoms with van der Waals surface area (Å²) in [4.78, 5) is 26.7. The summed E-state index contributed by atoms with van der Waals surface area (Å²) in [6, 6.07) is 6.93. The Morgan fingerprint density at radius 2 is 1.94 bits per heavy atom. The molecule has 0 radical (unpaired) electrons. The van der Waals surface area contributed by atoms with Gasteiger partial charge in [-0.25, -0.2) is 4.79 Å². The molecular weight excluding hydrogens is 452 g/mol. The Bertz CT molecular complexity index is 1140. The molecule has 4 rings (SSSR count). The number of aromatic nitrogens is 1. The number of anilines is 1. The van der Waals surface area contributed by atoms with E-state index >= 15 is 0 Å². The van der Waals surface area contributed by atoms with E-state index in [0.717, 1.165) is 42.5 Å². The summed E-state index contributed by atoms with van der Waals surface area (Å²) in [6.45, 7) is 1.82. The van der Waals surface area contributed by atoms with Crippen LogP contribution < -0.4 is 10.1 Å². The molecular formula is C23H23ClN2O5S. The molecule has 0 spiro atoms. The standard InChI is InChI=1S/C23H23ClN2O5S/c1-13-17(12-30-15-10-8-14(24)9-11-15)20(26-31-13)21(27)25-22-19(23(28)29-2)16-6-4-3-5-7-18(16)32-22/h8-11H,3-7,12H2,1-2H3,(H,25,27).